The van der Waals surface area contributed by atoms with Crippen molar-refractivity contribution in [1.29, 1.82) is 0 Å². The monoisotopic (exact) mass is 455 g/mol. The number of amidine groups is 1. The summed E-state index contributed by atoms with van der Waals surface area (Å²) in [7, 11) is 1.54. The number of hydrogen-bond donors (Lipinski definition) is 1. The van der Waals surface area contributed by atoms with Crippen LogP contribution in [-0.4, -0.2) is 49.1 Å². The van der Waals surface area contributed by atoms with Gasteiger partial charge in [0, 0.05) is 28.8 Å². The molecule has 1 aliphatic heterocycles. The van der Waals surface area contributed by atoms with Gasteiger partial charge in [-0.3, -0.25) is 19.5 Å². The number of aryl methyl sites for hydroxylation is 1. The van der Waals surface area contributed by atoms with Crippen LogP contribution >= 0.6 is 11.6 Å². The molecule has 0 fully saturated rings. The molecule has 1 aliphatic rings. The minimum absolute atomic E-state index is 0.00801. The molecule has 2 aromatic carbocycles. The first-order valence-electron chi connectivity index (χ1n) is 8.89. The van der Waals surface area contributed by atoms with Gasteiger partial charge < -0.3 is 15.2 Å². The number of nitrogens with zero attached hydrogens (tertiary/aromatic N) is 2. The SMILES string of the molecule is Cc1cc(OCC2=NCC(=O)N2C)c(-c2cc(C(N)=O)ccc2OC(F)(F)F)cc1Cl. The molecule has 0 bridgehead atoms. The van der Waals surface area contributed by atoms with Gasteiger partial charge in [0.2, 0.25) is 11.8 Å². The van der Waals surface area contributed by atoms with Crippen molar-refractivity contribution >= 4 is 29.3 Å². The maximum absolute atomic E-state index is 12.9. The number of amides is 2. The number of halogens is 4. The third-order valence-corrected chi connectivity index (χ3v) is 4.96. The van der Waals surface area contributed by atoms with E-state index in [1.807, 2.05) is 0 Å². The fourth-order valence-electron chi connectivity index (χ4n) is 2.89. The van der Waals surface area contributed by atoms with Gasteiger partial charge in [-0.1, -0.05) is 11.6 Å². The zero-order valence-corrected chi connectivity index (χ0v) is 17.2. The lowest BCUT2D eigenvalue weighted by Gasteiger charge is -2.19. The quantitative estimate of drug-likeness (QED) is 0.720. The summed E-state index contributed by atoms with van der Waals surface area (Å²) >= 11 is 6.21. The van der Waals surface area contributed by atoms with Crippen molar-refractivity contribution < 1.29 is 32.2 Å². The summed E-state index contributed by atoms with van der Waals surface area (Å²) in [6.07, 6.45) is -4.97. The number of alkyl halides is 3. The zero-order chi connectivity index (χ0) is 22.9. The van der Waals surface area contributed by atoms with E-state index in [0.717, 1.165) is 12.1 Å². The molecule has 11 heteroatoms. The summed E-state index contributed by atoms with van der Waals surface area (Å²) in [5, 5.41) is 0.260. The number of carbonyl (C=O) groups excluding carboxylic acids is 2. The molecule has 3 rings (SSSR count). The van der Waals surface area contributed by atoms with E-state index in [-0.39, 0.29) is 46.5 Å². The second kappa shape index (κ2) is 8.46. The molecule has 0 unspecified atom stereocenters. The van der Waals surface area contributed by atoms with Crippen molar-refractivity contribution in [2.75, 3.05) is 20.2 Å². The van der Waals surface area contributed by atoms with Crippen molar-refractivity contribution in [2.45, 2.75) is 13.3 Å². The fourth-order valence-corrected chi connectivity index (χ4v) is 3.06. The molecular formula is C20H17ClF3N3O4. The number of hydrogen-bond acceptors (Lipinski definition) is 5. The van der Waals surface area contributed by atoms with Gasteiger partial charge >= 0.3 is 6.36 Å². The summed E-state index contributed by atoms with van der Waals surface area (Å²) in [5.41, 5.74) is 5.91. The smallest absolute Gasteiger partial charge is 0.485 e. The number of likely N-dealkylation sites (N-methyl/N-ethyl adjacent to an activating group) is 1. The average molecular weight is 456 g/mol. The fraction of sp³-hybridized carbons (Fsp3) is 0.250. The van der Waals surface area contributed by atoms with E-state index in [2.05, 4.69) is 9.73 Å². The first-order valence-corrected chi connectivity index (χ1v) is 9.27. The summed E-state index contributed by atoms with van der Waals surface area (Å²) in [6, 6.07) is 6.22. The van der Waals surface area contributed by atoms with Crippen molar-refractivity contribution in [1.82, 2.24) is 4.90 Å². The molecule has 2 amide bonds. The van der Waals surface area contributed by atoms with E-state index < -0.39 is 18.0 Å². The summed E-state index contributed by atoms with van der Waals surface area (Å²) < 4.78 is 48.8. The van der Waals surface area contributed by atoms with Crippen LogP contribution in [0, 0.1) is 6.92 Å². The average Bonchev–Trinajstić information content (AvgIpc) is 2.99. The highest BCUT2D eigenvalue weighted by Crippen LogP contribution is 2.41. The summed E-state index contributed by atoms with van der Waals surface area (Å²) in [4.78, 5) is 28.6. The number of aliphatic imine (C=N–C) groups is 1. The molecule has 0 aliphatic carbocycles. The number of nitrogens with two attached hydrogens (primary N) is 1. The lowest BCUT2D eigenvalue weighted by molar-refractivity contribution is -0.274. The Bertz CT molecular complexity index is 1090. The molecule has 0 saturated carbocycles. The molecule has 0 saturated heterocycles. The molecule has 2 aromatic rings. The number of rotatable bonds is 6. The van der Waals surface area contributed by atoms with Gasteiger partial charge in [0.1, 0.15) is 30.5 Å². The Morgan fingerprint density at radius 3 is 2.48 bits per heavy atom. The predicted octanol–water partition coefficient (Wildman–Crippen LogP) is 3.56. The minimum Gasteiger partial charge on any atom is -0.485 e. The second-order valence-corrected chi connectivity index (χ2v) is 7.10. The maximum Gasteiger partial charge on any atom is 0.573 e. The Balaban J connectivity index is 2.08. The maximum atomic E-state index is 12.9. The third-order valence-electron chi connectivity index (χ3n) is 4.56. The highest BCUT2D eigenvalue weighted by Gasteiger charge is 2.33. The van der Waals surface area contributed by atoms with Crippen LogP contribution < -0.4 is 15.2 Å². The molecule has 0 radical (unpaired) electrons. The van der Waals surface area contributed by atoms with Crippen molar-refractivity contribution in [2.24, 2.45) is 10.7 Å². The van der Waals surface area contributed by atoms with E-state index in [1.54, 1.807) is 6.92 Å². The normalized spacial score (nSPS) is 13.9. The van der Waals surface area contributed by atoms with Crippen LogP contribution in [0.3, 0.4) is 0 Å². The van der Waals surface area contributed by atoms with Gasteiger partial charge in [0.25, 0.3) is 0 Å². The topological polar surface area (TPSA) is 94.2 Å². The molecule has 164 valence electrons. The van der Waals surface area contributed by atoms with E-state index >= 15 is 0 Å². The molecular weight excluding hydrogens is 439 g/mol. The number of primary amides is 1. The van der Waals surface area contributed by atoms with Crippen LogP contribution in [-0.2, 0) is 4.79 Å². The van der Waals surface area contributed by atoms with Gasteiger partial charge in [-0.15, -0.1) is 13.2 Å². The Hall–Kier alpha value is -3.27. The highest BCUT2D eigenvalue weighted by molar-refractivity contribution is 6.31. The van der Waals surface area contributed by atoms with Gasteiger partial charge in [-0.25, -0.2) is 0 Å². The highest BCUT2D eigenvalue weighted by atomic mass is 35.5. The second-order valence-electron chi connectivity index (χ2n) is 6.69. The Labute approximate surface area is 180 Å². The van der Waals surface area contributed by atoms with E-state index in [4.69, 9.17) is 22.1 Å². The van der Waals surface area contributed by atoms with Crippen molar-refractivity contribution in [3.05, 3.63) is 46.5 Å². The van der Waals surface area contributed by atoms with Gasteiger partial charge in [-0.05, 0) is 42.8 Å². The van der Waals surface area contributed by atoms with E-state index in [9.17, 15) is 22.8 Å². The number of ether oxygens (including phenoxy) is 2. The molecule has 0 aromatic heterocycles. The van der Waals surface area contributed by atoms with Crippen LogP contribution in [0.25, 0.3) is 11.1 Å². The Kier molecular flexibility index (Phi) is 6.12. The van der Waals surface area contributed by atoms with Crippen LogP contribution in [0.15, 0.2) is 35.3 Å². The number of carbonyl (C=O) groups is 2. The van der Waals surface area contributed by atoms with Crippen LogP contribution in [0.1, 0.15) is 15.9 Å². The van der Waals surface area contributed by atoms with E-state index in [0.29, 0.717) is 11.4 Å². The van der Waals surface area contributed by atoms with Gasteiger partial charge in [0.05, 0.1) is 0 Å². The first kappa shape index (κ1) is 22.4. The first-order chi connectivity index (χ1) is 14.5. The minimum atomic E-state index is -4.97. The summed E-state index contributed by atoms with van der Waals surface area (Å²) in [5.74, 6) is -1.08. The van der Waals surface area contributed by atoms with Crippen molar-refractivity contribution in [3.8, 4) is 22.6 Å². The van der Waals surface area contributed by atoms with Crippen LogP contribution in [0.2, 0.25) is 5.02 Å². The van der Waals surface area contributed by atoms with Gasteiger partial charge in [-0.2, -0.15) is 0 Å². The standard InChI is InChI=1S/C20H17ClF3N3O4/c1-10-5-16(30-9-17-26-8-18(28)27(17)2)13(7-14(10)21)12-6-11(19(25)29)3-4-15(12)31-20(22,23)24/h3-7H,8-9H2,1-2H3,(H2,25,29). The molecule has 1 heterocycles. The van der Waals surface area contributed by atoms with E-state index in [1.165, 1.54) is 30.1 Å². The molecule has 7 nitrogen and oxygen atoms in total. The lowest BCUT2D eigenvalue weighted by atomic mass is 9.99. The molecule has 2 N–H and O–H groups in total. The predicted molar refractivity (Wildman–Crippen MR) is 107 cm³/mol. The third kappa shape index (κ3) is 5.08. The van der Waals surface area contributed by atoms with Crippen LogP contribution in [0.4, 0.5) is 13.2 Å². The Morgan fingerprint density at radius 1 is 1.23 bits per heavy atom. The molecule has 0 atom stereocenters. The van der Waals surface area contributed by atoms with Crippen molar-refractivity contribution in [3.63, 3.8) is 0 Å². The zero-order valence-electron chi connectivity index (χ0n) is 16.4. The summed E-state index contributed by atoms with van der Waals surface area (Å²) in [6.45, 7) is 1.57. The van der Waals surface area contributed by atoms with Gasteiger partial charge in [0.15, 0.2) is 0 Å². The molecule has 31 heavy (non-hydrogen) atoms. The number of benzene rings is 2. The van der Waals surface area contributed by atoms with Crippen LogP contribution in [0.5, 0.6) is 11.5 Å². The Morgan fingerprint density at radius 2 is 1.90 bits per heavy atom. The largest absolute Gasteiger partial charge is 0.573 e. The molecule has 0 spiro atoms. The lowest BCUT2D eigenvalue weighted by Crippen LogP contribution is -2.31.